The van der Waals surface area contributed by atoms with Crippen molar-refractivity contribution in [2.45, 2.75) is 18.9 Å². The molecule has 0 aromatic heterocycles. The van der Waals surface area contributed by atoms with Gasteiger partial charge in [0.25, 0.3) is 0 Å². The summed E-state index contributed by atoms with van der Waals surface area (Å²) in [5.74, 6) is -0.469. The molecule has 0 heterocycles. The summed E-state index contributed by atoms with van der Waals surface area (Å²) >= 11 is 0. The monoisotopic (exact) mass is 236 g/mol. The molecule has 0 fully saturated rings. The van der Waals surface area contributed by atoms with Gasteiger partial charge in [-0.1, -0.05) is 17.2 Å². The summed E-state index contributed by atoms with van der Waals surface area (Å²) < 4.78 is 0. The lowest BCUT2D eigenvalue weighted by Gasteiger charge is -2.09. The number of aromatic hydroxyl groups is 1. The maximum atomic E-state index is 11.0. The van der Waals surface area contributed by atoms with E-state index in [2.05, 4.69) is 10.0 Å². The van der Waals surface area contributed by atoms with Gasteiger partial charge in [-0.25, -0.2) is 5.48 Å². The number of hydrogen-bond donors (Lipinski definition) is 3. The van der Waals surface area contributed by atoms with Gasteiger partial charge in [0.05, 0.1) is 6.04 Å². The fourth-order valence-corrected chi connectivity index (χ4v) is 1.39. The molecule has 0 radical (unpaired) electrons. The molecule has 1 atom stereocenters. The lowest BCUT2D eigenvalue weighted by molar-refractivity contribution is -0.129. The number of azide groups is 1. The van der Waals surface area contributed by atoms with E-state index < -0.39 is 11.9 Å². The molecule has 7 heteroatoms. The van der Waals surface area contributed by atoms with Crippen LogP contribution in [0.5, 0.6) is 5.75 Å². The van der Waals surface area contributed by atoms with Crippen molar-refractivity contribution in [1.29, 1.82) is 0 Å². The first-order valence-corrected chi connectivity index (χ1v) is 4.90. The number of carbonyl (C=O) groups is 1. The fourth-order valence-electron chi connectivity index (χ4n) is 1.39. The van der Waals surface area contributed by atoms with Gasteiger partial charge in [-0.15, -0.1) is 0 Å². The molecule has 0 unspecified atom stereocenters. The van der Waals surface area contributed by atoms with Gasteiger partial charge in [0.2, 0.25) is 5.91 Å². The van der Waals surface area contributed by atoms with Gasteiger partial charge < -0.3 is 5.11 Å². The normalized spacial score (nSPS) is 11.4. The van der Waals surface area contributed by atoms with Crippen LogP contribution in [-0.2, 0) is 11.2 Å². The molecule has 90 valence electrons. The Kier molecular flexibility index (Phi) is 4.80. The molecule has 7 nitrogen and oxygen atoms in total. The molecule has 0 aliphatic rings. The van der Waals surface area contributed by atoms with E-state index in [4.69, 9.17) is 15.8 Å². The van der Waals surface area contributed by atoms with E-state index in [1.54, 1.807) is 12.1 Å². The molecule has 0 aliphatic heterocycles. The molecule has 0 aliphatic carbocycles. The third-order valence-electron chi connectivity index (χ3n) is 2.17. The zero-order chi connectivity index (χ0) is 12.7. The van der Waals surface area contributed by atoms with Crippen molar-refractivity contribution >= 4 is 5.91 Å². The zero-order valence-corrected chi connectivity index (χ0v) is 8.95. The molecule has 1 rings (SSSR count). The Balaban J connectivity index is 2.69. The first kappa shape index (κ1) is 12.8. The maximum absolute atomic E-state index is 11.0. The Morgan fingerprint density at radius 1 is 1.47 bits per heavy atom. The smallest absolute Gasteiger partial charge is 0.243 e. The molecule has 1 aromatic rings. The Hall–Kier alpha value is -2.24. The quantitative estimate of drug-likeness (QED) is 0.236. The van der Waals surface area contributed by atoms with Gasteiger partial charge in [-0.05, 0) is 29.6 Å². The number of rotatable bonds is 5. The minimum Gasteiger partial charge on any atom is -0.508 e. The maximum Gasteiger partial charge on any atom is 0.243 e. The number of nitrogens with one attached hydrogen (secondary N) is 1. The summed E-state index contributed by atoms with van der Waals surface area (Å²) in [5.41, 5.74) is 10.7. The van der Waals surface area contributed by atoms with Crippen molar-refractivity contribution in [3.05, 3.63) is 40.3 Å². The second-order valence-electron chi connectivity index (χ2n) is 3.47. The molecule has 0 saturated heterocycles. The SMILES string of the molecule is [N-]=[N+]=N[C@H](CC(=O)NO)Cc1ccc(O)cc1. The predicted molar refractivity (Wildman–Crippen MR) is 59.3 cm³/mol. The predicted octanol–water partition coefficient (Wildman–Crippen LogP) is 1.51. The highest BCUT2D eigenvalue weighted by atomic mass is 16.5. The number of nitrogens with zero attached hydrogens (tertiary/aromatic N) is 3. The molecule has 0 bridgehead atoms. The van der Waals surface area contributed by atoms with Gasteiger partial charge >= 0.3 is 0 Å². The largest absolute Gasteiger partial charge is 0.508 e. The highest BCUT2D eigenvalue weighted by molar-refractivity contribution is 5.75. The summed E-state index contributed by atoms with van der Waals surface area (Å²) in [5, 5.41) is 21.0. The van der Waals surface area contributed by atoms with Crippen LogP contribution < -0.4 is 5.48 Å². The Morgan fingerprint density at radius 3 is 2.65 bits per heavy atom. The lowest BCUT2D eigenvalue weighted by Crippen LogP contribution is -2.24. The molecule has 17 heavy (non-hydrogen) atoms. The first-order chi connectivity index (χ1) is 8.15. The molecule has 0 spiro atoms. The highest BCUT2D eigenvalue weighted by Gasteiger charge is 2.12. The van der Waals surface area contributed by atoms with E-state index in [1.165, 1.54) is 17.6 Å². The van der Waals surface area contributed by atoms with Gasteiger partial charge in [-0.2, -0.15) is 0 Å². The minimum absolute atomic E-state index is 0.0958. The van der Waals surface area contributed by atoms with Crippen molar-refractivity contribution in [3.8, 4) is 5.75 Å². The Labute approximate surface area is 97.3 Å². The Bertz CT molecular complexity index is 426. The van der Waals surface area contributed by atoms with Crippen molar-refractivity contribution in [2.75, 3.05) is 0 Å². The standard InChI is InChI=1S/C10H12N4O3/c11-14-12-8(6-10(16)13-17)5-7-1-3-9(15)4-2-7/h1-4,8,15,17H,5-6H2,(H,13,16)/t8-/m0/s1. The number of phenols is 1. The van der Waals surface area contributed by atoms with Crippen LogP contribution in [0.25, 0.3) is 10.4 Å². The van der Waals surface area contributed by atoms with E-state index in [-0.39, 0.29) is 12.2 Å². The van der Waals surface area contributed by atoms with Crippen molar-refractivity contribution in [3.63, 3.8) is 0 Å². The topological polar surface area (TPSA) is 118 Å². The van der Waals surface area contributed by atoms with Crippen molar-refractivity contribution in [2.24, 2.45) is 5.11 Å². The van der Waals surface area contributed by atoms with E-state index in [1.807, 2.05) is 0 Å². The van der Waals surface area contributed by atoms with Crippen LogP contribution in [0, 0.1) is 0 Å². The molecule has 0 saturated carbocycles. The average molecular weight is 236 g/mol. The molecule has 1 amide bonds. The van der Waals surface area contributed by atoms with Crippen LogP contribution in [0.2, 0.25) is 0 Å². The summed E-state index contributed by atoms with van der Waals surface area (Å²) in [6.45, 7) is 0. The van der Waals surface area contributed by atoms with Gasteiger partial charge in [-0.3, -0.25) is 10.0 Å². The van der Waals surface area contributed by atoms with Crippen molar-refractivity contribution in [1.82, 2.24) is 5.48 Å². The molecule has 3 N–H and O–H groups in total. The first-order valence-electron chi connectivity index (χ1n) is 4.90. The number of amides is 1. The average Bonchev–Trinajstić information content (AvgIpc) is 2.32. The third-order valence-corrected chi connectivity index (χ3v) is 2.17. The van der Waals surface area contributed by atoms with Crippen molar-refractivity contribution < 1.29 is 15.1 Å². The second kappa shape index (κ2) is 6.37. The minimum atomic E-state index is -0.610. The second-order valence-corrected chi connectivity index (χ2v) is 3.47. The zero-order valence-electron chi connectivity index (χ0n) is 8.95. The summed E-state index contributed by atoms with van der Waals surface area (Å²) in [6.07, 6.45) is 0.263. The van der Waals surface area contributed by atoms with E-state index in [9.17, 15) is 4.79 Å². The van der Waals surface area contributed by atoms with Crippen LogP contribution in [0.4, 0.5) is 0 Å². The number of benzene rings is 1. The molecule has 1 aromatic carbocycles. The number of phenolic OH excluding ortho intramolecular Hbond substituents is 1. The summed E-state index contributed by atoms with van der Waals surface area (Å²) in [7, 11) is 0. The molecular weight excluding hydrogens is 224 g/mol. The summed E-state index contributed by atoms with van der Waals surface area (Å²) in [6, 6.07) is 5.79. The van der Waals surface area contributed by atoms with Gasteiger partial charge in [0.1, 0.15) is 5.75 Å². The third kappa shape index (κ3) is 4.42. The van der Waals surface area contributed by atoms with E-state index >= 15 is 0 Å². The number of hydroxylamine groups is 1. The van der Waals surface area contributed by atoms with Crippen LogP contribution >= 0.6 is 0 Å². The van der Waals surface area contributed by atoms with Crippen LogP contribution in [0.15, 0.2) is 29.4 Å². The summed E-state index contributed by atoms with van der Waals surface area (Å²) in [4.78, 5) is 13.6. The highest BCUT2D eigenvalue weighted by Crippen LogP contribution is 2.14. The van der Waals surface area contributed by atoms with Crippen LogP contribution in [-0.4, -0.2) is 22.3 Å². The molecular formula is C10H12N4O3. The van der Waals surface area contributed by atoms with E-state index in [0.29, 0.717) is 6.42 Å². The Morgan fingerprint density at radius 2 is 2.12 bits per heavy atom. The fraction of sp³-hybridized carbons (Fsp3) is 0.300. The van der Waals surface area contributed by atoms with Crippen LogP contribution in [0.1, 0.15) is 12.0 Å². The number of hydrogen-bond acceptors (Lipinski definition) is 4. The lowest BCUT2D eigenvalue weighted by atomic mass is 10.0. The van der Waals surface area contributed by atoms with E-state index in [0.717, 1.165) is 5.56 Å². The van der Waals surface area contributed by atoms with Gasteiger partial charge in [0, 0.05) is 11.3 Å². The number of carbonyl (C=O) groups excluding carboxylic acids is 1. The van der Waals surface area contributed by atoms with Gasteiger partial charge in [0.15, 0.2) is 0 Å². The van der Waals surface area contributed by atoms with Crippen LogP contribution in [0.3, 0.4) is 0 Å².